The van der Waals surface area contributed by atoms with Crippen molar-refractivity contribution < 1.29 is 9.15 Å². The van der Waals surface area contributed by atoms with Crippen LogP contribution in [0, 0.1) is 0 Å². The van der Waals surface area contributed by atoms with Gasteiger partial charge in [-0.15, -0.1) is 0 Å². The first-order valence-electron chi connectivity index (χ1n) is 5.16. The van der Waals surface area contributed by atoms with Gasteiger partial charge in [-0.1, -0.05) is 13.3 Å². The van der Waals surface area contributed by atoms with Crippen molar-refractivity contribution in [2.45, 2.75) is 32.9 Å². The third-order valence-corrected chi connectivity index (χ3v) is 2.07. The number of hydrogen-bond donors (Lipinski definition) is 1. The predicted molar refractivity (Wildman–Crippen MR) is 56.0 cm³/mol. The Bertz CT molecular complexity index is 245. The molecule has 0 aliphatic heterocycles. The Morgan fingerprint density at radius 2 is 2.36 bits per heavy atom. The van der Waals surface area contributed by atoms with Gasteiger partial charge in [-0.05, 0) is 19.5 Å². The molecule has 0 bridgehead atoms. The first-order valence-corrected chi connectivity index (χ1v) is 5.16. The maximum absolute atomic E-state index is 5.52. The van der Waals surface area contributed by atoms with E-state index in [2.05, 4.69) is 12.2 Å². The van der Waals surface area contributed by atoms with E-state index in [9.17, 15) is 0 Å². The third-order valence-electron chi connectivity index (χ3n) is 2.07. The molecule has 3 heteroatoms. The van der Waals surface area contributed by atoms with Gasteiger partial charge in [0.1, 0.15) is 5.76 Å². The van der Waals surface area contributed by atoms with E-state index in [0.29, 0.717) is 6.61 Å². The lowest BCUT2D eigenvalue weighted by Crippen LogP contribution is -2.06. The van der Waals surface area contributed by atoms with Crippen molar-refractivity contribution in [2.24, 2.45) is 0 Å². The van der Waals surface area contributed by atoms with E-state index in [1.54, 1.807) is 6.26 Å². The van der Waals surface area contributed by atoms with E-state index in [1.165, 1.54) is 6.42 Å². The van der Waals surface area contributed by atoms with E-state index in [0.717, 1.165) is 30.9 Å². The fourth-order valence-electron chi connectivity index (χ4n) is 1.24. The quantitative estimate of drug-likeness (QED) is 0.681. The Morgan fingerprint density at radius 1 is 1.50 bits per heavy atom. The van der Waals surface area contributed by atoms with Crippen LogP contribution >= 0.6 is 0 Å². The fraction of sp³-hybridized carbons (Fsp3) is 0.636. The second kappa shape index (κ2) is 6.62. The van der Waals surface area contributed by atoms with Crippen molar-refractivity contribution in [3.8, 4) is 0 Å². The zero-order chi connectivity index (χ0) is 10.2. The van der Waals surface area contributed by atoms with E-state index < -0.39 is 0 Å². The van der Waals surface area contributed by atoms with Crippen LogP contribution in [0.5, 0.6) is 0 Å². The van der Waals surface area contributed by atoms with Crippen LogP contribution in [-0.2, 0) is 17.9 Å². The van der Waals surface area contributed by atoms with Crippen LogP contribution in [0.3, 0.4) is 0 Å². The topological polar surface area (TPSA) is 34.4 Å². The molecule has 0 saturated heterocycles. The highest BCUT2D eigenvalue weighted by Crippen LogP contribution is 2.11. The molecule has 80 valence electrons. The summed E-state index contributed by atoms with van der Waals surface area (Å²) in [5, 5.41) is 3.06. The zero-order valence-corrected chi connectivity index (χ0v) is 9.01. The molecule has 14 heavy (non-hydrogen) atoms. The first kappa shape index (κ1) is 11.3. The Kier molecular flexibility index (Phi) is 5.33. The van der Waals surface area contributed by atoms with Crippen LogP contribution in [0.1, 0.15) is 31.1 Å². The van der Waals surface area contributed by atoms with E-state index >= 15 is 0 Å². The second-order valence-corrected chi connectivity index (χ2v) is 3.31. The largest absolute Gasteiger partial charge is 0.468 e. The highest BCUT2D eigenvalue weighted by atomic mass is 16.5. The van der Waals surface area contributed by atoms with Gasteiger partial charge >= 0.3 is 0 Å². The maximum atomic E-state index is 5.52. The number of rotatable bonds is 7. The molecule has 1 N–H and O–H groups in total. The molecule has 1 rings (SSSR count). The summed E-state index contributed by atoms with van der Waals surface area (Å²) in [4.78, 5) is 0. The van der Waals surface area contributed by atoms with Crippen LogP contribution in [0.25, 0.3) is 0 Å². The molecule has 0 aromatic carbocycles. The minimum Gasteiger partial charge on any atom is -0.468 e. The Morgan fingerprint density at radius 3 is 3.07 bits per heavy atom. The summed E-state index contributed by atoms with van der Waals surface area (Å²) in [5.74, 6) is 0.976. The molecule has 0 amide bonds. The molecule has 0 aliphatic carbocycles. The van der Waals surface area contributed by atoms with Crippen molar-refractivity contribution in [3.05, 3.63) is 23.7 Å². The molecule has 0 radical (unpaired) electrons. The Hall–Kier alpha value is -0.800. The molecular weight excluding hydrogens is 178 g/mol. The smallest absolute Gasteiger partial charge is 0.123 e. The third kappa shape index (κ3) is 3.52. The van der Waals surface area contributed by atoms with Crippen LogP contribution in [-0.4, -0.2) is 13.7 Å². The van der Waals surface area contributed by atoms with E-state index in [-0.39, 0.29) is 0 Å². The molecule has 0 unspecified atom stereocenters. The molecule has 3 nitrogen and oxygen atoms in total. The molecule has 1 aromatic heterocycles. The highest BCUT2D eigenvalue weighted by molar-refractivity contribution is 5.15. The summed E-state index contributed by atoms with van der Waals surface area (Å²) < 4.78 is 10.8. The van der Waals surface area contributed by atoms with E-state index in [1.807, 2.05) is 13.1 Å². The van der Waals surface area contributed by atoms with Crippen LogP contribution in [0.2, 0.25) is 0 Å². The molecule has 0 fully saturated rings. The van der Waals surface area contributed by atoms with Gasteiger partial charge in [0, 0.05) is 12.2 Å². The average Bonchev–Trinajstić information content (AvgIpc) is 2.61. The average molecular weight is 197 g/mol. The van der Waals surface area contributed by atoms with Crippen molar-refractivity contribution >= 4 is 0 Å². The van der Waals surface area contributed by atoms with Gasteiger partial charge in [0.05, 0.1) is 19.4 Å². The number of ether oxygens (including phenoxy) is 1. The highest BCUT2D eigenvalue weighted by Gasteiger charge is 2.04. The van der Waals surface area contributed by atoms with Gasteiger partial charge in [-0.25, -0.2) is 0 Å². The molecule has 0 aliphatic rings. The van der Waals surface area contributed by atoms with Gasteiger partial charge in [0.25, 0.3) is 0 Å². The normalized spacial score (nSPS) is 10.7. The number of unbranched alkanes of at least 4 members (excludes halogenated alkanes) is 1. The van der Waals surface area contributed by atoms with Crippen molar-refractivity contribution in [2.75, 3.05) is 13.7 Å². The van der Waals surface area contributed by atoms with Crippen molar-refractivity contribution in [1.29, 1.82) is 0 Å². The molecule has 0 spiro atoms. The second-order valence-electron chi connectivity index (χ2n) is 3.31. The number of hydrogen-bond acceptors (Lipinski definition) is 3. The summed E-state index contributed by atoms with van der Waals surface area (Å²) in [6, 6.07) is 1.97. The summed E-state index contributed by atoms with van der Waals surface area (Å²) in [7, 11) is 1.91. The van der Waals surface area contributed by atoms with Gasteiger partial charge in [0.15, 0.2) is 0 Å². The van der Waals surface area contributed by atoms with Gasteiger partial charge < -0.3 is 14.5 Å². The number of furan rings is 1. The minimum atomic E-state index is 0.660. The minimum absolute atomic E-state index is 0.660. The predicted octanol–water partition coefficient (Wildman–Crippen LogP) is 2.32. The van der Waals surface area contributed by atoms with Crippen molar-refractivity contribution in [3.63, 3.8) is 0 Å². The standard InChI is InChI=1S/C11H19NO2/c1-3-4-6-13-9-10-5-7-14-11(10)8-12-2/h5,7,12H,3-4,6,8-9H2,1-2H3. The molecular formula is C11H19NO2. The molecule has 1 heterocycles. The lowest BCUT2D eigenvalue weighted by atomic mass is 10.2. The maximum Gasteiger partial charge on any atom is 0.123 e. The number of nitrogens with one attached hydrogen (secondary N) is 1. The summed E-state index contributed by atoms with van der Waals surface area (Å²) in [6.45, 7) is 4.42. The van der Waals surface area contributed by atoms with Crippen LogP contribution < -0.4 is 5.32 Å². The monoisotopic (exact) mass is 197 g/mol. The SMILES string of the molecule is CCCCOCc1ccoc1CNC. The van der Waals surface area contributed by atoms with Gasteiger partial charge in [0.2, 0.25) is 0 Å². The van der Waals surface area contributed by atoms with Crippen LogP contribution in [0.15, 0.2) is 16.7 Å². The van der Waals surface area contributed by atoms with E-state index in [4.69, 9.17) is 9.15 Å². The lowest BCUT2D eigenvalue weighted by Gasteiger charge is -2.03. The first-order chi connectivity index (χ1) is 6.88. The summed E-state index contributed by atoms with van der Waals surface area (Å²) in [5.41, 5.74) is 1.15. The Balaban J connectivity index is 2.30. The van der Waals surface area contributed by atoms with Gasteiger partial charge in [-0.3, -0.25) is 0 Å². The molecule has 0 saturated carbocycles. The summed E-state index contributed by atoms with van der Waals surface area (Å²) >= 11 is 0. The van der Waals surface area contributed by atoms with Crippen LogP contribution in [0.4, 0.5) is 0 Å². The van der Waals surface area contributed by atoms with Crippen molar-refractivity contribution in [1.82, 2.24) is 5.32 Å². The Labute approximate surface area is 85.4 Å². The summed E-state index contributed by atoms with van der Waals surface area (Å²) in [6.07, 6.45) is 4.01. The fourth-order valence-corrected chi connectivity index (χ4v) is 1.24. The molecule has 0 atom stereocenters. The lowest BCUT2D eigenvalue weighted by molar-refractivity contribution is 0.117. The molecule has 1 aromatic rings. The van der Waals surface area contributed by atoms with Gasteiger partial charge in [-0.2, -0.15) is 0 Å². The zero-order valence-electron chi connectivity index (χ0n) is 9.01.